The zero-order chi connectivity index (χ0) is 24.1. The molecule has 33 heavy (non-hydrogen) atoms. The molecule has 3 rings (SSSR count). The van der Waals surface area contributed by atoms with Gasteiger partial charge in [-0.15, -0.1) is 0 Å². The van der Waals surface area contributed by atoms with Gasteiger partial charge in [-0.3, -0.25) is 19.7 Å². The van der Waals surface area contributed by atoms with E-state index >= 15 is 0 Å². The summed E-state index contributed by atoms with van der Waals surface area (Å²) in [6.45, 7) is 4.78. The van der Waals surface area contributed by atoms with Crippen molar-refractivity contribution in [3.05, 3.63) is 61.6 Å². The van der Waals surface area contributed by atoms with Gasteiger partial charge in [0.05, 0.1) is 20.5 Å². The fourth-order valence-corrected chi connectivity index (χ4v) is 3.85. The maximum absolute atomic E-state index is 12.8. The first-order valence-corrected chi connectivity index (χ1v) is 11.0. The quantitative estimate of drug-likeness (QED) is 0.424. The summed E-state index contributed by atoms with van der Waals surface area (Å²) in [5.41, 5.74) is 0.688. The first-order valence-electron chi connectivity index (χ1n) is 10.3. The van der Waals surface area contributed by atoms with Crippen LogP contribution in [0.15, 0.2) is 30.3 Å². The van der Waals surface area contributed by atoms with Crippen molar-refractivity contribution in [2.24, 2.45) is 5.92 Å². The van der Waals surface area contributed by atoms with E-state index in [2.05, 4.69) is 10.6 Å². The molecule has 2 aromatic rings. The van der Waals surface area contributed by atoms with E-state index in [4.69, 9.17) is 32.7 Å². The van der Waals surface area contributed by atoms with Crippen molar-refractivity contribution in [3.8, 4) is 11.5 Å². The number of ether oxygens (including phenoxy) is 2. The van der Waals surface area contributed by atoms with E-state index in [0.717, 1.165) is 11.6 Å². The Hall–Kier alpha value is -3.04. The number of rotatable bonds is 8. The highest BCUT2D eigenvalue weighted by atomic mass is 35.5. The van der Waals surface area contributed by atoms with Crippen LogP contribution < -0.4 is 20.1 Å². The van der Waals surface area contributed by atoms with Crippen molar-refractivity contribution in [1.29, 1.82) is 0 Å². The van der Waals surface area contributed by atoms with Crippen LogP contribution in [-0.4, -0.2) is 42.5 Å². The molecule has 2 amide bonds. The summed E-state index contributed by atoms with van der Waals surface area (Å²) in [6.07, 6.45) is 0.495. The van der Waals surface area contributed by atoms with E-state index in [0.29, 0.717) is 42.7 Å². The molecule has 0 spiro atoms. The van der Waals surface area contributed by atoms with Gasteiger partial charge in [-0.05, 0) is 36.1 Å². The van der Waals surface area contributed by atoms with Crippen LogP contribution in [0.4, 0.5) is 5.69 Å². The van der Waals surface area contributed by atoms with Crippen LogP contribution in [0.25, 0.3) is 0 Å². The molecule has 9 nitrogen and oxygen atoms in total. The van der Waals surface area contributed by atoms with Crippen LogP contribution in [0, 0.1) is 16.0 Å². The number of nitro groups is 1. The minimum absolute atomic E-state index is 0.0478. The van der Waals surface area contributed by atoms with Crippen LogP contribution >= 0.6 is 23.2 Å². The lowest BCUT2D eigenvalue weighted by Crippen LogP contribution is -2.50. The number of carbonyl (C=O) groups excluding carboxylic acids is 2. The highest BCUT2D eigenvalue weighted by Gasteiger charge is 2.26. The summed E-state index contributed by atoms with van der Waals surface area (Å²) < 4.78 is 11.1. The Kier molecular flexibility index (Phi) is 7.99. The fraction of sp³-hybridized carbons (Fsp3) is 0.364. The second kappa shape index (κ2) is 10.7. The molecule has 1 atom stereocenters. The van der Waals surface area contributed by atoms with Crippen LogP contribution in [0.2, 0.25) is 10.0 Å². The number of hydrogen-bond donors (Lipinski definition) is 2. The van der Waals surface area contributed by atoms with Gasteiger partial charge in [0.15, 0.2) is 11.5 Å². The van der Waals surface area contributed by atoms with E-state index < -0.39 is 16.9 Å². The van der Waals surface area contributed by atoms with Crippen molar-refractivity contribution in [2.45, 2.75) is 26.3 Å². The van der Waals surface area contributed by atoms with E-state index in [1.165, 1.54) is 12.1 Å². The summed E-state index contributed by atoms with van der Waals surface area (Å²) in [5, 5.41) is 16.7. The summed E-state index contributed by atoms with van der Waals surface area (Å²) in [6, 6.07) is 6.30. The topological polar surface area (TPSA) is 120 Å². The van der Waals surface area contributed by atoms with Crippen LogP contribution in [0.3, 0.4) is 0 Å². The number of fused-ring (bicyclic) bond motifs is 1. The van der Waals surface area contributed by atoms with Crippen molar-refractivity contribution in [3.63, 3.8) is 0 Å². The molecule has 0 saturated carbocycles. The van der Waals surface area contributed by atoms with Gasteiger partial charge in [0.2, 0.25) is 5.91 Å². The molecule has 0 fully saturated rings. The maximum atomic E-state index is 12.8. The van der Waals surface area contributed by atoms with Crippen molar-refractivity contribution in [2.75, 3.05) is 19.8 Å². The Morgan fingerprint density at radius 1 is 1.12 bits per heavy atom. The van der Waals surface area contributed by atoms with Crippen LogP contribution in [-0.2, 0) is 11.2 Å². The van der Waals surface area contributed by atoms with E-state index in [1.807, 2.05) is 6.07 Å². The molecular formula is C22H23Cl2N3O6. The van der Waals surface area contributed by atoms with Gasteiger partial charge >= 0.3 is 0 Å². The monoisotopic (exact) mass is 495 g/mol. The van der Waals surface area contributed by atoms with Gasteiger partial charge in [-0.25, -0.2) is 0 Å². The standard InChI is InChI=1S/C22H23Cl2N3O6/c1-12(2)19(26-21(28)15-4-3-14(27(30)31)11-16(15)23)22(29)25-6-5-13-9-17(24)20-18(10-13)32-7-8-33-20/h3-4,9-12,19H,5-8H2,1-2H3,(H,25,29)(H,26,28)/t19-/m0/s1. The molecule has 1 aliphatic rings. The number of non-ortho nitro benzene ring substituents is 1. The van der Waals surface area contributed by atoms with Gasteiger partial charge < -0.3 is 20.1 Å². The number of benzene rings is 2. The van der Waals surface area contributed by atoms with E-state index in [9.17, 15) is 19.7 Å². The molecule has 0 aliphatic carbocycles. The first kappa shape index (κ1) is 24.6. The minimum atomic E-state index is -0.826. The van der Waals surface area contributed by atoms with E-state index in [-0.39, 0.29) is 28.1 Å². The van der Waals surface area contributed by atoms with Crippen molar-refractivity contribution >= 4 is 40.7 Å². The average molecular weight is 496 g/mol. The molecule has 11 heteroatoms. The second-order valence-corrected chi connectivity index (χ2v) is 8.57. The van der Waals surface area contributed by atoms with Crippen LogP contribution in [0.5, 0.6) is 11.5 Å². The third kappa shape index (κ3) is 6.06. The lowest BCUT2D eigenvalue weighted by atomic mass is 10.0. The molecule has 0 saturated heterocycles. The molecule has 0 aromatic heterocycles. The van der Waals surface area contributed by atoms with Crippen LogP contribution in [0.1, 0.15) is 29.8 Å². The Morgan fingerprint density at radius 3 is 2.52 bits per heavy atom. The molecular weight excluding hydrogens is 473 g/mol. The lowest BCUT2D eigenvalue weighted by molar-refractivity contribution is -0.384. The van der Waals surface area contributed by atoms with Gasteiger partial charge in [-0.2, -0.15) is 0 Å². The van der Waals surface area contributed by atoms with Gasteiger partial charge in [-0.1, -0.05) is 37.0 Å². The predicted molar refractivity (Wildman–Crippen MR) is 123 cm³/mol. The molecule has 0 bridgehead atoms. The Labute approximate surface area is 200 Å². The minimum Gasteiger partial charge on any atom is -0.486 e. The Morgan fingerprint density at radius 2 is 1.85 bits per heavy atom. The zero-order valence-electron chi connectivity index (χ0n) is 18.0. The number of nitro benzene ring substituents is 1. The number of halogens is 2. The predicted octanol–water partition coefficient (Wildman–Crippen LogP) is 3.79. The average Bonchev–Trinajstić information content (AvgIpc) is 2.76. The third-order valence-electron chi connectivity index (χ3n) is 5.01. The number of carbonyl (C=O) groups is 2. The molecule has 0 radical (unpaired) electrons. The molecule has 0 unspecified atom stereocenters. The molecule has 1 heterocycles. The molecule has 2 N–H and O–H groups in total. The normalized spacial score (nSPS) is 13.4. The lowest BCUT2D eigenvalue weighted by Gasteiger charge is -2.22. The van der Waals surface area contributed by atoms with Gasteiger partial charge in [0.1, 0.15) is 19.3 Å². The van der Waals surface area contributed by atoms with Gasteiger partial charge in [0, 0.05) is 18.7 Å². The highest BCUT2D eigenvalue weighted by Crippen LogP contribution is 2.38. The number of nitrogens with one attached hydrogen (secondary N) is 2. The maximum Gasteiger partial charge on any atom is 0.270 e. The van der Waals surface area contributed by atoms with Gasteiger partial charge in [0.25, 0.3) is 11.6 Å². The summed E-state index contributed by atoms with van der Waals surface area (Å²) >= 11 is 12.3. The molecule has 1 aliphatic heterocycles. The molecule has 2 aromatic carbocycles. The Balaban J connectivity index is 1.61. The smallest absolute Gasteiger partial charge is 0.270 e. The fourth-order valence-electron chi connectivity index (χ4n) is 3.30. The molecule has 176 valence electrons. The summed E-state index contributed by atoms with van der Waals surface area (Å²) in [4.78, 5) is 35.7. The first-order chi connectivity index (χ1) is 15.7. The summed E-state index contributed by atoms with van der Waals surface area (Å²) in [5.74, 6) is -0.0810. The number of nitrogens with zero attached hydrogens (tertiary/aromatic N) is 1. The zero-order valence-corrected chi connectivity index (χ0v) is 19.5. The van der Waals surface area contributed by atoms with Crippen molar-refractivity contribution < 1.29 is 24.0 Å². The Bertz CT molecular complexity index is 1080. The largest absolute Gasteiger partial charge is 0.486 e. The van der Waals surface area contributed by atoms with Crippen molar-refractivity contribution in [1.82, 2.24) is 10.6 Å². The third-order valence-corrected chi connectivity index (χ3v) is 5.61. The number of hydrogen-bond acceptors (Lipinski definition) is 6. The summed E-state index contributed by atoms with van der Waals surface area (Å²) in [7, 11) is 0. The number of amides is 2. The SMILES string of the molecule is CC(C)[C@H](NC(=O)c1ccc([N+](=O)[O-])cc1Cl)C(=O)NCCc1cc(Cl)c2c(c1)OCCO2. The highest BCUT2D eigenvalue weighted by molar-refractivity contribution is 6.34. The second-order valence-electron chi connectivity index (χ2n) is 7.76. The van der Waals surface area contributed by atoms with E-state index in [1.54, 1.807) is 19.9 Å².